The summed E-state index contributed by atoms with van der Waals surface area (Å²) in [6, 6.07) is 12.9. The molecule has 2 aromatic carbocycles. The summed E-state index contributed by atoms with van der Waals surface area (Å²) in [5.74, 6) is -0.0292. The second kappa shape index (κ2) is 6.87. The zero-order chi connectivity index (χ0) is 15.4. The number of benzene rings is 2. The number of amides is 1. The first-order valence-corrected chi connectivity index (χ1v) is 8.05. The Morgan fingerprint density at radius 3 is 2.71 bits per heavy atom. The van der Waals surface area contributed by atoms with Crippen molar-refractivity contribution in [1.82, 2.24) is 4.90 Å². The molecule has 0 atom stereocenters. The van der Waals surface area contributed by atoms with Crippen LogP contribution in [0.3, 0.4) is 0 Å². The normalized spacial score (nSPS) is 10.4. The number of carbonyl (C=O) groups excluding carboxylic acids is 1. The molecule has 0 bridgehead atoms. The second-order valence-corrected chi connectivity index (χ2v) is 5.97. The summed E-state index contributed by atoms with van der Waals surface area (Å²) in [5, 5.41) is 0.613. The predicted octanol–water partition coefficient (Wildman–Crippen LogP) is 3.92. The van der Waals surface area contributed by atoms with Crippen molar-refractivity contribution in [1.29, 1.82) is 0 Å². The van der Waals surface area contributed by atoms with Crippen molar-refractivity contribution < 1.29 is 4.79 Å². The van der Waals surface area contributed by atoms with Gasteiger partial charge in [-0.05, 0) is 42.2 Å². The van der Waals surface area contributed by atoms with Crippen LogP contribution in [0.1, 0.15) is 15.9 Å². The molecule has 0 spiro atoms. The molecule has 2 aromatic rings. The maximum Gasteiger partial charge on any atom is 0.255 e. The molecule has 21 heavy (non-hydrogen) atoms. The first-order chi connectivity index (χ1) is 10.0. The number of anilines is 1. The molecular formula is C16H17ClN2OS. The van der Waals surface area contributed by atoms with Gasteiger partial charge in [-0.1, -0.05) is 23.7 Å². The molecule has 3 nitrogen and oxygen atoms in total. The lowest BCUT2D eigenvalue weighted by Crippen LogP contribution is -2.26. The van der Waals surface area contributed by atoms with E-state index in [2.05, 4.69) is 0 Å². The van der Waals surface area contributed by atoms with Crippen molar-refractivity contribution in [2.45, 2.75) is 11.4 Å². The van der Waals surface area contributed by atoms with Gasteiger partial charge in [-0.15, -0.1) is 11.8 Å². The number of hydrogen-bond acceptors (Lipinski definition) is 3. The summed E-state index contributed by atoms with van der Waals surface area (Å²) >= 11 is 7.71. The summed E-state index contributed by atoms with van der Waals surface area (Å²) in [5.41, 5.74) is 7.95. The van der Waals surface area contributed by atoms with Crippen molar-refractivity contribution in [3.63, 3.8) is 0 Å². The fourth-order valence-electron chi connectivity index (χ4n) is 2.07. The fourth-order valence-corrected chi connectivity index (χ4v) is 2.84. The van der Waals surface area contributed by atoms with Gasteiger partial charge in [0.15, 0.2) is 0 Å². The van der Waals surface area contributed by atoms with Crippen LogP contribution in [0.4, 0.5) is 5.69 Å². The Balaban J connectivity index is 2.21. The van der Waals surface area contributed by atoms with E-state index in [1.807, 2.05) is 30.5 Å². The third-order valence-corrected chi connectivity index (χ3v) is 4.33. The van der Waals surface area contributed by atoms with Gasteiger partial charge >= 0.3 is 0 Å². The quantitative estimate of drug-likeness (QED) is 0.686. The van der Waals surface area contributed by atoms with Gasteiger partial charge in [-0.2, -0.15) is 0 Å². The Labute approximate surface area is 134 Å². The molecule has 1 amide bonds. The molecule has 0 radical (unpaired) electrons. The number of rotatable bonds is 4. The van der Waals surface area contributed by atoms with Gasteiger partial charge in [0.2, 0.25) is 0 Å². The lowest BCUT2D eigenvalue weighted by molar-refractivity contribution is 0.0782. The highest BCUT2D eigenvalue weighted by atomic mass is 35.5. The van der Waals surface area contributed by atoms with E-state index < -0.39 is 0 Å². The average molecular weight is 321 g/mol. The number of nitrogen functional groups attached to an aromatic ring is 1. The molecule has 0 saturated carbocycles. The minimum atomic E-state index is -0.0292. The van der Waals surface area contributed by atoms with Crippen LogP contribution < -0.4 is 5.73 Å². The van der Waals surface area contributed by atoms with E-state index >= 15 is 0 Å². The van der Waals surface area contributed by atoms with Gasteiger partial charge in [0.25, 0.3) is 5.91 Å². The molecule has 0 heterocycles. The minimum Gasteiger partial charge on any atom is -0.399 e. The summed E-state index contributed by atoms with van der Waals surface area (Å²) in [4.78, 5) is 15.2. The monoisotopic (exact) mass is 320 g/mol. The summed E-state index contributed by atoms with van der Waals surface area (Å²) in [6.07, 6.45) is 1.96. The van der Waals surface area contributed by atoms with Gasteiger partial charge in [0.05, 0.1) is 5.56 Å². The molecular weight excluding hydrogens is 304 g/mol. The number of nitrogens with zero attached hydrogens (tertiary/aromatic N) is 1. The van der Waals surface area contributed by atoms with Crippen molar-refractivity contribution in [3.05, 3.63) is 58.6 Å². The van der Waals surface area contributed by atoms with Gasteiger partial charge in [-0.3, -0.25) is 4.79 Å². The summed E-state index contributed by atoms with van der Waals surface area (Å²) in [7, 11) is 1.76. The van der Waals surface area contributed by atoms with Crippen molar-refractivity contribution in [2.75, 3.05) is 19.0 Å². The Morgan fingerprint density at radius 1 is 1.29 bits per heavy atom. The maximum atomic E-state index is 12.6. The molecule has 0 unspecified atom stereocenters. The van der Waals surface area contributed by atoms with Crippen LogP contribution in [0.15, 0.2) is 47.4 Å². The molecule has 2 N–H and O–H groups in total. The molecule has 110 valence electrons. The average Bonchev–Trinajstić information content (AvgIpc) is 2.50. The van der Waals surface area contributed by atoms with Crippen LogP contribution in [0.5, 0.6) is 0 Å². The summed E-state index contributed by atoms with van der Waals surface area (Å²) in [6.45, 7) is 0.422. The highest BCUT2D eigenvalue weighted by Crippen LogP contribution is 2.24. The molecule has 0 saturated heterocycles. The molecule has 0 aliphatic heterocycles. The Bertz CT molecular complexity index is 660. The van der Waals surface area contributed by atoms with Crippen LogP contribution in [0.2, 0.25) is 5.02 Å². The van der Waals surface area contributed by atoms with E-state index in [1.165, 1.54) is 0 Å². The minimum absolute atomic E-state index is 0.0292. The smallest absolute Gasteiger partial charge is 0.255 e. The van der Waals surface area contributed by atoms with Crippen molar-refractivity contribution in [2.24, 2.45) is 0 Å². The molecule has 0 aliphatic rings. The highest BCUT2D eigenvalue weighted by Gasteiger charge is 2.16. The van der Waals surface area contributed by atoms with Gasteiger partial charge in [0.1, 0.15) is 0 Å². The molecule has 0 aromatic heterocycles. The third kappa shape index (κ3) is 3.71. The summed E-state index contributed by atoms with van der Waals surface area (Å²) < 4.78 is 0. The first-order valence-electron chi connectivity index (χ1n) is 6.45. The Kier molecular flexibility index (Phi) is 5.15. The molecule has 0 aliphatic carbocycles. The fraction of sp³-hybridized carbons (Fsp3) is 0.188. The Hall–Kier alpha value is -1.65. The van der Waals surface area contributed by atoms with Crippen molar-refractivity contribution in [3.8, 4) is 0 Å². The largest absolute Gasteiger partial charge is 0.399 e. The Morgan fingerprint density at radius 2 is 2.00 bits per heavy atom. The maximum absolute atomic E-state index is 12.6. The zero-order valence-electron chi connectivity index (χ0n) is 12.0. The lowest BCUT2D eigenvalue weighted by Gasteiger charge is -2.19. The lowest BCUT2D eigenvalue weighted by atomic mass is 10.1. The number of carbonyl (C=O) groups is 1. The molecule has 2 rings (SSSR count). The highest BCUT2D eigenvalue weighted by molar-refractivity contribution is 7.98. The molecule has 0 fully saturated rings. The zero-order valence-corrected chi connectivity index (χ0v) is 13.5. The van der Waals surface area contributed by atoms with E-state index in [0.717, 1.165) is 10.5 Å². The van der Waals surface area contributed by atoms with E-state index in [4.69, 9.17) is 17.3 Å². The van der Waals surface area contributed by atoms with Crippen LogP contribution in [-0.4, -0.2) is 24.1 Å². The van der Waals surface area contributed by atoms with Crippen molar-refractivity contribution >= 4 is 35.0 Å². The third-order valence-electron chi connectivity index (χ3n) is 3.16. The SMILES string of the molecule is CSc1ccccc1C(=O)N(C)Cc1cc(N)ccc1Cl. The second-order valence-electron chi connectivity index (χ2n) is 4.71. The van der Waals surface area contributed by atoms with Gasteiger partial charge < -0.3 is 10.6 Å². The van der Waals surface area contributed by atoms with E-state index in [9.17, 15) is 4.79 Å². The van der Waals surface area contributed by atoms with E-state index in [1.54, 1.807) is 41.9 Å². The van der Waals surface area contributed by atoms with E-state index in [-0.39, 0.29) is 5.91 Å². The van der Waals surface area contributed by atoms with Crippen LogP contribution in [-0.2, 0) is 6.54 Å². The predicted molar refractivity (Wildman–Crippen MR) is 89.9 cm³/mol. The van der Waals surface area contributed by atoms with E-state index in [0.29, 0.717) is 22.8 Å². The standard InChI is InChI=1S/C16H17ClN2OS/c1-19(10-11-9-12(18)7-8-14(11)17)16(20)13-5-3-4-6-15(13)21-2/h3-9H,10,18H2,1-2H3. The van der Waals surface area contributed by atoms with Gasteiger partial charge in [0, 0.05) is 29.2 Å². The number of thioether (sulfide) groups is 1. The van der Waals surface area contributed by atoms with Gasteiger partial charge in [-0.25, -0.2) is 0 Å². The topological polar surface area (TPSA) is 46.3 Å². The van der Waals surface area contributed by atoms with Crippen LogP contribution in [0.25, 0.3) is 0 Å². The number of halogens is 1. The first kappa shape index (κ1) is 15.7. The van der Waals surface area contributed by atoms with Crippen LogP contribution >= 0.6 is 23.4 Å². The number of nitrogens with two attached hydrogens (primary N) is 1. The van der Waals surface area contributed by atoms with Crippen LogP contribution in [0, 0.1) is 0 Å². The number of hydrogen-bond donors (Lipinski definition) is 1. The molecule has 5 heteroatoms.